The first-order chi connectivity index (χ1) is 20.0. The quantitative estimate of drug-likeness (QED) is 0.262. The van der Waals surface area contributed by atoms with Gasteiger partial charge in [-0.05, 0) is 56.5 Å². The molecule has 0 radical (unpaired) electrons. The predicted octanol–water partition coefficient (Wildman–Crippen LogP) is 6.32. The molecule has 222 valence electrons. The summed E-state index contributed by atoms with van der Waals surface area (Å²) in [6.45, 7) is 3.60. The summed E-state index contributed by atoms with van der Waals surface area (Å²) in [6, 6.07) is 6.28. The van der Waals surface area contributed by atoms with Gasteiger partial charge in [0.2, 0.25) is 5.91 Å². The number of amides is 4. The average Bonchev–Trinajstić information content (AvgIpc) is 3.43. The minimum absolute atomic E-state index is 0.194. The van der Waals surface area contributed by atoms with Gasteiger partial charge in [0, 0.05) is 23.7 Å². The molecule has 1 aromatic heterocycles. The van der Waals surface area contributed by atoms with Gasteiger partial charge in [0.1, 0.15) is 17.5 Å². The van der Waals surface area contributed by atoms with E-state index in [4.69, 9.17) is 11.6 Å². The van der Waals surface area contributed by atoms with Crippen LogP contribution in [0.15, 0.2) is 36.5 Å². The zero-order valence-electron chi connectivity index (χ0n) is 23.3. The third kappa shape index (κ3) is 5.63. The Balaban J connectivity index is 1.47. The Hall–Kier alpha value is -4.19. The number of aromatic nitrogens is 2. The lowest BCUT2D eigenvalue weighted by Crippen LogP contribution is -2.58. The first kappa shape index (κ1) is 29.3. The van der Waals surface area contributed by atoms with Gasteiger partial charge in [0.05, 0.1) is 46.9 Å². The van der Waals surface area contributed by atoms with Gasteiger partial charge >= 0.3 is 12.1 Å². The molecular weight excluding hydrogens is 570 g/mol. The number of nitrogens with one attached hydrogen (secondary N) is 4. The lowest BCUT2D eigenvalue weighted by Gasteiger charge is -2.43. The highest BCUT2D eigenvalue weighted by Gasteiger charge is 2.42. The van der Waals surface area contributed by atoms with Crippen molar-refractivity contribution in [2.45, 2.75) is 51.1 Å². The third-order valence-corrected chi connectivity index (χ3v) is 8.23. The summed E-state index contributed by atoms with van der Waals surface area (Å²) in [5.41, 5.74) is 0.525. The molecule has 3 aromatic rings. The second-order valence-electron chi connectivity index (χ2n) is 10.8. The van der Waals surface area contributed by atoms with Crippen LogP contribution in [0.2, 0.25) is 5.02 Å². The molecule has 1 saturated heterocycles. The molecule has 4 N–H and O–H groups in total. The van der Waals surface area contributed by atoms with Crippen LogP contribution in [-0.4, -0.2) is 46.6 Å². The molecule has 42 heavy (non-hydrogen) atoms. The number of hydrogen-bond acceptors (Lipinski definition) is 5. The maximum absolute atomic E-state index is 14.9. The van der Waals surface area contributed by atoms with Gasteiger partial charge < -0.3 is 25.3 Å². The van der Waals surface area contributed by atoms with E-state index in [9.17, 15) is 23.2 Å². The highest BCUT2D eigenvalue weighted by molar-refractivity contribution is 6.30. The molecule has 0 spiro atoms. The minimum Gasteiger partial charge on any atom is -0.453 e. The van der Waals surface area contributed by atoms with E-state index < -0.39 is 35.3 Å². The number of aromatic amines is 1. The minimum atomic E-state index is -1.31. The fourth-order valence-corrected chi connectivity index (χ4v) is 5.71. The molecule has 2 aliphatic heterocycles. The largest absolute Gasteiger partial charge is 0.453 e. The molecule has 2 aliphatic rings. The highest BCUT2D eigenvalue weighted by Crippen LogP contribution is 2.39. The van der Waals surface area contributed by atoms with Crippen molar-refractivity contribution in [3.05, 3.63) is 64.6 Å². The Morgan fingerprint density at radius 2 is 2.00 bits per heavy atom. The van der Waals surface area contributed by atoms with E-state index in [1.807, 2.05) is 6.92 Å². The van der Waals surface area contributed by atoms with E-state index in [0.717, 1.165) is 12.1 Å². The second-order valence-corrected chi connectivity index (χ2v) is 11.2. The first-order valence-electron chi connectivity index (χ1n) is 13.6. The lowest BCUT2D eigenvalue weighted by atomic mass is 9.85. The molecule has 0 aliphatic carbocycles. The Morgan fingerprint density at radius 3 is 2.74 bits per heavy atom. The van der Waals surface area contributed by atoms with Crippen molar-refractivity contribution in [3.63, 3.8) is 0 Å². The highest BCUT2D eigenvalue weighted by atomic mass is 35.5. The molecule has 2 aromatic carbocycles. The van der Waals surface area contributed by atoms with E-state index in [2.05, 4.69) is 30.7 Å². The second kappa shape index (κ2) is 11.6. The Labute approximate surface area is 246 Å². The number of nitrogens with zero attached hydrogens (tertiary/aromatic N) is 2. The van der Waals surface area contributed by atoms with E-state index in [1.165, 1.54) is 7.11 Å². The molecule has 5 rings (SSSR count). The van der Waals surface area contributed by atoms with Crippen LogP contribution in [0.5, 0.6) is 0 Å². The summed E-state index contributed by atoms with van der Waals surface area (Å²) in [5, 5.41) is 8.13. The summed E-state index contributed by atoms with van der Waals surface area (Å²) >= 11 is 5.93. The van der Waals surface area contributed by atoms with Gasteiger partial charge in [0.15, 0.2) is 0 Å². The van der Waals surface area contributed by atoms with Gasteiger partial charge in [-0.1, -0.05) is 24.9 Å². The molecule has 1 fully saturated rings. The zero-order valence-corrected chi connectivity index (χ0v) is 24.1. The van der Waals surface area contributed by atoms with Crippen molar-refractivity contribution in [2.75, 3.05) is 24.3 Å². The van der Waals surface area contributed by atoms with E-state index in [0.29, 0.717) is 47.7 Å². The zero-order chi connectivity index (χ0) is 30.2. The first-order valence-corrected chi connectivity index (χ1v) is 14.0. The summed E-state index contributed by atoms with van der Waals surface area (Å²) < 4.78 is 34.3. The number of carbonyl (C=O) groups is 3. The summed E-state index contributed by atoms with van der Waals surface area (Å²) in [6.07, 6.45) is 2.83. The normalized spacial score (nSPS) is 22.7. The van der Waals surface area contributed by atoms with Crippen LogP contribution >= 0.6 is 11.6 Å². The number of methoxy groups -OCH3 is 1. The maximum Gasteiger partial charge on any atom is 0.411 e. The maximum atomic E-state index is 14.9. The molecule has 0 saturated carbocycles. The standard InChI is InChI=1S/C29H31ClF2N6O4/c1-15-5-4-6-22(38-12-11-29(2,37-27(38)40)23-19(31)10-9-18(30)24(23)32)25-33-14-21(35-25)17-8-7-16(34-28(41)42-3)13-20(17)36-26(15)39/h7-10,13-15,22H,4-6,11-12H2,1-3H3,(H,33,35)(H,34,41)(H,36,39)(H,37,40). The summed E-state index contributed by atoms with van der Waals surface area (Å²) in [4.78, 5) is 47.8. The fourth-order valence-electron chi connectivity index (χ4n) is 5.55. The Morgan fingerprint density at radius 1 is 1.21 bits per heavy atom. The Kier molecular flexibility index (Phi) is 8.09. The monoisotopic (exact) mass is 600 g/mol. The van der Waals surface area contributed by atoms with Crippen molar-refractivity contribution in [1.82, 2.24) is 20.2 Å². The lowest BCUT2D eigenvalue weighted by molar-refractivity contribution is -0.119. The molecule has 3 unspecified atom stereocenters. The Bertz CT molecular complexity index is 1550. The number of halogens is 3. The van der Waals surface area contributed by atoms with Gasteiger partial charge in [-0.3, -0.25) is 10.1 Å². The van der Waals surface area contributed by atoms with E-state index >= 15 is 0 Å². The van der Waals surface area contributed by atoms with Crippen LogP contribution in [0.4, 0.5) is 29.7 Å². The van der Waals surface area contributed by atoms with Crippen LogP contribution in [0, 0.1) is 17.6 Å². The van der Waals surface area contributed by atoms with Gasteiger partial charge in [-0.15, -0.1) is 0 Å². The van der Waals surface area contributed by atoms with Crippen LogP contribution in [0.1, 0.15) is 57.0 Å². The topological polar surface area (TPSA) is 128 Å². The molecule has 4 amide bonds. The smallest absolute Gasteiger partial charge is 0.411 e. The van der Waals surface area contributed by atoms with Crippen LogP contribution in [0.3, 0.4) is 0 Å². The number of H-pyrrole nitrogens is 1. The SMILES string of the molecule is COC(=O)Nc1ccc2c(c1)NC(=O)C(C)CCCC(N1CCC(C)(c3c(F)ccc(Cl)c3F)NC1=O)c1ncc-2[nH]1. The van der Waals surface area contributed by atoms with E-state index in [-0.39, 0.29) is 35.4 Å². The number of urea groups is 1. The molecule has 3 heterocycles. The van der Waals surface area contributed by atoms with Crippen LogP contribution in [0.25, 0.3) is 11.3 Å². The molecule has 13 heteroatoms. The van der Waals surface area contributed by atoms with Crippen LogP contribution in [-0.2, 0) is 15.1 Å². The molecule has 3 atom stereocenters. The van der Waals surface area contributed by atoms with Crippen molar-refractivity contribution in [1.29, 1.82) is 0 Å². The predicted molar refractivity (Wildman–Crippen MR) is 153 cm³/mol. The number of anilines is 2. The number of benzene rings is 2. The number of ether oxygens (including phenoxy) is 1. The number of imidazole rings is 1. The van der Waals surface area contributed by atoms with Crippen LogP contribution < -0.4 is 16.0 Å². The molecular formula is C29H31ClF2N6O4. The average molecular weight is 601 g/mol. The number of fused-ring (bicyclic) bond motifs is 4. The van der Waals surface area contributed by atoms with Gasteiger partial charge in [0.25, 0.3) is 0 Å². The van der Waals surface area contributed by atoms with Crippen molar-refractivity contribution in [3.8, 4) is 11.3 Å². The molecule has 2 bridgehead atoms. The van der Waals surface area contributed by atoms with Crippen molar-refractivity contribution < 1.29 is 27.9 Å². The number of hydrogen-bond donors (Lipinski definition) is 4. The third-order valence-electron chi connectivity index (χ3n) is 7.94. The van der Waals surface area contributed by atoms with Gasteiger partial charge in [-0.2, -0.15) is 0 Å². The summed E-state index contributed by atoms with van der Waals surface area (Å²) in [7, 11) is 1.26. The van der Waals surface area contributed by atoms with Crippen molar-refractivity contribution in [2.24, 2.45) is 5.92 Å². The molecule has 10 nitrogen and oxygen atoms in total. The van der Waals surface area contributed by atoms with Crippen molar-refractivity contribution >= 4 is 41.0 Å². The fraction of sp³-hybridized carbons (Fsp3) is 0.379. The summed E-state index contributed by atoms with van der Waals surface area (Å²) in [5.74, 6) is -1.69. The number of rotatable bonds is 3. The van der Waals surface area contributed by atoms with Gasteiger partial charge in [-0.25, -0.2) is 23.4 Å². The number of carbonyl (C=O) groups excluding carboxylic acids is 3. The van der Waals surface area contributed by atoms with E-state index in [1.54, 1.807) is 36.2 Å².